The summed E-state index contributed by atoms with van der Waals surface area (Å²) in [5, 5.41) is 0. The minimum absolute atomic E-state index is 0.0634. The first-order valence-corrected chi connectivity index (χ1v) is 14.6. The summed E-state index contributed by atoms with van der Waals surface area (Å²) in [6.07, 6.45) is 32.9. The monoisotopic (exact) mass is 466 g/mol. The topological polar surface area (TPSA) is 0 Å². The minimum atomic E-state index is -0.0813. The molecule has 1 fully saturated rings. The fourth-order valence-corrected chi connectivity index (χ4v) is 7.21. The maximum Gasteiger partial charge on any atom is 0.110 e. The molecule has 0 saturated heterocycles. The van der Waals surface area contributed by atoms with Gasteiger partial charge in [-0.2, -0.15) is 0 Å². The van der Waals surface area contributed by atoms with Gasteiger partial charge in [-0.1, -0.05) is 101 Å². The van der Waals surface area contributed by atoms with Gasteiger partial charge in [0.2, 0.25) is 0 Å². The van der Waals surface area contributed by atoms with Crippen molar-refractivity contribution in [2.75, 3.05) is 0 Å². The van der Waals surface area contributed by atoms with Crippen molar-refractivity contribution < 1.29 is 4.39 Å². The molecule has 0 aliphatic heterocycles. The van der Waals surface area contributed by atoms with Crippen molar-refractivity contribution in [3.8, 4) is 0 Å². The Kier molecular flexibility index (Phi) is 10.9. The molecule has 0 aromatic rings. The number of rotatable bonds is 11. The van der Waals surface area contributed by atoms with E-state index in [-0.39, 0.29) is 11.7 Å². The Labute approximate surface area is 210 Å². The van der Waals surface area contributed by atoms with E-state index < -0.39 is 0 Å². The van der Waals surface area contributed by atoms with E-state index in [1.165, 1.54) is 89.0 Å². The molecule has 190 valence electrons. The third kappa shape index (κ3) is 7.56. The molecule has 0 heterocycles. The van der Waals surface area contributed by atoms with Crippen LogP contribution in [0.15, 0.2) is 59.0 Å². The van der Waals surface area contributed by atoms with Crippen molar-refractivity contribution in [2.45, 2.75) is 124 Å². The molecule has 0 aromatic carbocycles. The minimum Gasteiger partial charge on any atom is -0.211 e. The molecule has 0 spiro atoms. The molecule has 0 bridgehead atoms. The number of allylic oxidation sites excluding steroid dienone is 10. The number of unbranched alkanes of at least 4 members (excludes halogenated alkanes) is 1. The maximum absolute atomic E-state index is 14.5. The first-order valence-electron chi connectivity index (χ1n) is 14.6. The molecule has 3 rings (SSSR count). The summed E-state index contributed by atoms with van der Waals surface area (Å²) in [5.41, 5.74) is 4.48. The first-order chi connectivity index (χ1) is 16.5. The summed E-state index contributed by atoms with van der Waals surface area (Å²) in [7, 11) is 0. The zero-order valence-electron chi connectivity index (χ0n) is 22.7. The molecular formula is C33H51F. The zero-order chi connectivity index (χ0) is 24.4. The molecule has 0 aromatic heterocycles. The van der Waals surface area contributed by atoms with E-state index in [9.17, 15) is 4.39 Å². The van der Waals surface area contributed by atoms with Gasteiger partial charge < -0.3 is 0 Å². The van der Waals surface area contributed by atoms with Crippen molar-refractivity contribution in [3.05, 3.63) is 59.0 Å². The van der Waals surface area contributed by atoms with Gasteiger partial charge in [0.1, 0.15) is 5.83 Å². The predicted molar refractivity (Wildman–Crippen MR) is 147 cm³/mol. The van der Waals surface area contributed by atoms with E-state index in [2.05, 4.69) is 51.2 Å². The molecule has 34 heavy (non-hydrogen) atoms. The third-order valence-corrected chi connectivity index (χ3v) is 8.78. The van der Waals surface area contributed by atoms with Gasteiger partial charge >= 0.3 is 0 Å². The smallest absolute Gasteiger partial charge is 0.110 e. The van der Waals surface area contributed by atoms with E-state index in [0.717, 1.165) is 30.3 Å². The molecule has 0 radical (unpaired) electrons. The van der Waals surface area contributed by atoms with Crippen LogP contribution in [0, 0.1) is 23.2 Å². The summed E-state index contributed by atoms with van der Waals surface area (Å²) in [4.78, 5) is 0. The standard InChI is InChI=1S/C33H51F/c1-5-14-28-23-31(30-16-10-8-9-11-17-30)25-33(24-28,20-6-2)21-13-12-15-27-18-19-29(7-3)32(34)26(4)22-27/h8,10,16,18-19,22,26,28,31H,5-7,9,11-15,17,20-21,23-25H2,1-4H3. The van der Waals surface area contributed by atoms with Crippen molar-refractivity contribution >= 4 is 0 Å². The van der Waals surface area contributed by atoms with Crippen LogP contribution >= 0.6 is 0 Å². The normalized spacial score (nSPS) is 30.1. The molecule has 0 N–H and O–H groups in total. The highest BCUT2D eigenvalue weighted by atomic mass is 19.1. The fraction of sp³-hybridized carbons (Fsp3) is 0.697. The highest BCUT2D eigenvalue weighted by molar-refractivity contribution is 5.36. The van der Waals surface area contributed by atoms with Gasteiger partial charge in [-0.3, -0.25) is 0 Å². The molecule has 3 aliphatic carbocycles. The quantitative estimate of drug-likeness (QED) is 0.266. The van der Waals surface area contributed by atoms with Crippen LogP contribution in [0.2, 0.25) is 0 Å². The number of hydrogen-bond donors (Lipinski definition) is 0. The van der Waals surface area contributed by atoms with Crippen LogP contribution in [0.25, 0.3) is 0 Å². The lowest BCUT2D eigenvalue weighted by Crippen LogP contribution is -2.34. The molecule has 1 saturated carbocycles. The molecule has 4 atom stereocenters. The Balaban J connectivity index is 1.64. The van der Waals surface area contributed by atoms with E-state index in [4.69, 9.17) is 0 Å². The van der Waals surface area contributed by atoms with Gasteiger partial charge in [-0.05, 0) is 93.5 Å². The molecule has 3 aliphatic rings. The molecule has 0 amide bonds. The van der Waals surface area contributed by atoms with Crippen LogP contribution in [-0.2, 0) is 0 Å². The molecule has 0 nitrogen and oxygen atoms in total. The van der Waals surface area contributed by atoms with Gasteiger partial charge in [0, 0.05) is 5.92 Å². The fourth-order valence-electron chi connectivity index (χ4n) is 7.21. The lowest BCUT2D eigenvalue weighted by atomic mass is 9.59. The first kappa shape index (κ1) is 27.2. The van der Waals surface area contributed by atoms with Crippen LogP contribution in [-0.4, -0.2) is 0 Å². The highest BCUT2D eigenvalue weighted by Gasteiger charge is 2.40. The lowest BCUT2D eigenvalue weighted by Gasteiger charge is -2.46. The van der Waals surface area contributed by atoms with Crippen LogP contribution in [0.5, 0.6) is 0 Å². The van der Waals surface area contributed by atoms with Gasteiger partial charge in [0.05, 0.1) is 0 Å². The SMILES string of the molecule is CCCC1CC(C2=CC=CCCC2)CC(CCC)(CCCCC2=CC(C)C(F)=C(CC)C=C2)C1. The van der Waals surface area contributed by atoms with E-state index in [0.29, 0.717) is 5.41 Å². The second-order valence-corrected chi connectivity index (χ2v) is 11.6. The molecular weight excluding hydrogens is 415 g/mol. The summed E-state index contributed by atoms with van der Waals surface area (Å²) < 4.78 is 14.5. The third-order valence-electron chi connectivity index (χ3n) is 8.78. The largest absolute Gasteiger partial charge is 0.211 e. The van der Waals surface area contributed by atoms with Crippen LogP contribution in [0.4, 0.5) is 4.39 Å². The highest BCUT2D eigenvalue weighted by Crippen LogP contribution is 2.52. The summed E-state index contributed by atoms with van der Waals surface area (Å²) in [6, 6.07) is 0. The van der Waals surface area contributed by atoms with Crippen LogP contribution < -0.4 is 0 Å². The Morgan fingerprint density at radius 2 is 1.88 bits per heavy atom. The Bertz CT molecular complexity index is 791. The van der Waals surface area contributed by atoms with Gasteiger partial charge in [-0.15, -0.1) is 0 Å². The van der Waals surface area contributed by atoms with Crippen LogP contribution in [0.1, 0.15) is 124 Å². The molecule has 1 heteroatoms. The van der Waals surface area contributed by atoms with E-state index >= 15 is 0 Å². The second kappa shape index (κ2) is 13.6. The Morgan fingerprint density at radius 1 is 1.03 bits per heavy atom. The summed E-state index contributed by atoms with van der Waals surface area (Å²) >= 11 is 0. The summed E-state index contributed by atoms with van der Waals surface area (Å²) in [6.45, 7) is 8.81. The van der Waals surface area contributed by atoms with E-state index in [1.54, 1.807) is 5.57 Å². The maximum atomic E-state index is 14.5. The number of hydrogen-bond acceptors (Lipinski definition) is 0. The van der Waals surface area contributed by atoms with Gasteiger partial charge in [-0.25, -0.2) is 4.39 Å². The Hall–Kier alpha value is -1.37. The van der Waals surface area contributed by atoms with E-state index in [1.807, 2.05) is 13.0 Å². The van der Waals surface area contributed by atoms with Crippen molar-refractivity contribution in [2.24, 2.45) is 23.2 Å². The predicted octanol–water partition coefficient (Wildman–Crippen LogP) is 11.0. The lowest BCUT2D eigenvalue weighted by molar-refractivity contribution is 0.0744. The van der Waals surface area contributed by atoms with Crippen molar-refractivity contribution in [1.82, 2.24) is 0 Å². The second-order valence-electron chi connectivity index (χ2n) is 11.6. The van der Waals surface area contributed by atoms with Gasteiger partial charge in [0.25, 0.3) is 0 Å². The van der Waals surface area contributed by atoms with Crippen molar-refractivity contribution in [3.63, 3.8) is 0 Å². The Morgan fingerprint density at radius 3 is 2.65 bits per heavy atom. The molecule has 4 unspecified atom stereocenters. The average molecular weight is 467 g/mol. The summed E-state index contributed by atoms with van der Waals surface area (Å²) in [5.74, 6) is 1.68. The number of halogens is 1. The van der Waals surface area contributed by atoms with Crippen LogP contribution in [0.3, 0.4) is 0 Å². The van der Waals surface area contributed by atoms with Gasteiger partial charge in [0.15, 0.2) is 0 Å². The zero-order valence-corrected chi connectivity index (χ0v) is 22.7. The van der Waals surface area contributed by atoms with Crippen molar-refractivity contribution in [1.29, 1.82) is 0 Å². The average Bonchev–Trinajstić information content (AvgIpc) is 3.17.